The number of nitrogens with one attached hydrogen (secondary N) is 1. The molecule has 1 N–H and O–H groups in total. The third-order valence-electron chi connectivity index (χ3n) is 2.92. The van der Waals surface area contributed by atoms with Gasteiger partial charge in [-0.2, -0.15) is 5.26 Å². The average molecular weight is 365 g/mol. The second-order valence-corrected chi connectivity index (χ2v) is 8.73. The Morgan fingerprint density at radius 3 is 2.79 bits per heavy atom. The SMILES string of the molecule is CC(C)Oc1ccc(C#N)cc1NCc1csc(CS(C)(=O)=O)n1. The van der Waals surface area contributed by atoms with Gasteiger partial charge in [-0.3, -0.25) is 0 Å². The Kier molecular flexibility index (Phi) is 5.80. The van der Waals surface area contributed by atoms with E-state index in [9.17, 15) is 8.42 Å². The van der Waals surface area contributed by atoms with Crippen LogP contribution in [-0.2, 0) is 22.1 Å². The lowest BCUT2D eigenvalue weighted by Crippen LogP contribution is -2.09. The molecule has 2 aromatic rings. The van der Waals surface area contributed by atoms with Crippen LogP contribution < -0.4 is 10.1 Å². The summed E-state index contributed by atoms with van der Waals surface area (Å²) in [5, 5.41) is 14.6. The van der Waals surface area contributed by atoms with E-state index in [4.69, 9.17) is 10.00 Å². The second-order valence-electron chi connectivity index (χ2n) is 5.65. The highest BCUT2D eigenvalue weighted by molar-refractivity contribution is 7.90. The Hall–Kier alpha value is -2.11. The first-order chi connectivity index (χ1) is 11.3. The number of hydrogen-bond acceptors (Lipinski definition) is 7. The molecule has 0 fully saturated rings. The molecule has 0 atom stereocenters. The number of hydrogen-bond donors (Lipinski definition) is 1. The molecular weight excluding hydrogens is 346 g/mol. The van der Waals surface area contributed by atoms with E-state index in [1.54, 1.807) is 18.2 Å². The highest BCUT2D eigenvalue weighted by Crippen LogP contribution is 2.27. The van der Waals surface area contributed by atoms with Crippen LogP contribution in [0.15, 0.2) is 23.6 Å². The summed E-state index contributed by atoms with van der Waals surface area (Å²) in [6.07, 6.45) is 1.20. The summed E-state index contributed by atoms with van der Waals surface area (Å²) < 4.78 is 28.4. The van der Waals surface area contributed by atoms with Crippen molar-refractivity contribution in [1.82, 2.24) is 4.98 Å². The minimum absolute atomic E-state index is 0.0131. The van der Waals surface area contributed by atoms with Crippen LogP contribution in [-0.4, -0.2) is 25.8 Å². The number of anilines is 1. The van der Waals surface area contributed by atoms with Crippen LogP contribution in [0, 0.1) is 11.3 Å². The van der Waals surface area contributed by atoms with Crippen molar-refractivity contribution in [1.29, 1.82) is 5.26 Å². The molecule has 0 aliphatic heterocycles. The smallest absolute Gasteiger partial charge is 0.153 e. The number of nitriles is 1. The molecule has 1 aromatic carbocycles. The highest BCUT2D eigenvalue weighted by atomic mass is 32.2. The topological polar surface area (TPSA) is 92.1 Å². The number of rotatable bonds is 7. The first kappa shape index (κ1) is 18.2. The van der Waals surface area contributed by atoms with Crippen molar-refractivity contribution in [3.8, 4) is 11.8 Å². The lowest BCUT2D eigenvalue weighted by atomic mass is 10.2. The van der Waals surface area contributed by atoms with Gasteiger partial charge in [0.15, 0.2) is 9.84 Å². The third-order valence-corrected chi connectivity index (χ3v) is 4.79. The summed E-state index contributed by atoms with van der Waals surface area (Å²) in [5.41, 5.74) is 1.99. The van der Waals surface area contributed by atoms with E-state index in [1.165, 1.54) is 17.6 Å². The third kappa shape index (κ3) is 5.51. The van der Waals surface area contributed by atoms with Gasteiger partial charge in [0.1, 0.15) is 16.5 Å². The van der Waals surface area contributed by atoms with Gasteiger partial charge in [0, 0.05) is 11.6 Å². The highest BCUT2D eigenvalue weighted by Gasteiger charge is 2.11. The van der Waals surface area contributed by atoms with Gasteiger partial charge in [0.2, 0.25) is 0 Å². The van der Waals surface area contributed by atoms with Crippen LogP contribution in [0.25, 0.3) is 0 Å². The molecule has 1 heterocycles. The molecule has 0 aliphatic rings. The summed E-state index contributed by atoms with van der Waals surface area (Å²) in [4.78, 5) is 4.31. The molecule has 0 unspecified atom stereocenters. The maximum absolute atomic E-state index is 11.3. The first-order valence-electron chi connectivity index (χ1n) is 7.32. The molecule has 8 heteroatoms. The van der Waals surface area contributed by atoms with Crippen molar-refractivity contribution in [3.05, 3.63) is 39.8 Å². The predicted molar refractivity (Wildman–Crippen MR) is 94.9 cm³/mol. The van der Waals surface area contributed by atoms with E-state index in [0.717, 1.165) is 5.69 Å². The van der Waals surface area contributed by atoms with Crippen LogP contribution in [0.2, 0.25) is 0 Å². The van der Waals surface area contributed by atoms with E-state index in [0.29, 0.717) is 28.6 Å². The lowest BCUT2D eigenvalue weighted by molar-refractivity contribution is 0.243. The Labute approximate surface area is 146 Å². The molecule has 128 valence electrons. The molecule has 2 rings (SSSR count). The van der Waals surface area contributed by atoms with Gasteiger partial charge in [0.25, 0.3) is 0 Å². The summed E-state index contributed by atoms with van der Waals surface area (Å²) in [6, 6.07) is 7.29. The van der Waals surface area contributed by atoms with Crippen molar-refractivity contribution in [2.75, 3.05) is 11.6 Å². The molecular formula is C16H19N3O3S2. The number of thiazole rings is 1. The van der Waals surface area contributed by atoms with Crippen molar-refractivity contribution < 1.29 is 13.2 Å². The zero-order valence-electron chi connectivity index (χ0n) is 13.7. The van der Waals surface area contributed by atoms with Gasteiger partial charge in [0.05, 0.1) is 35.7 Å². The number of nitrogens with zero attached hydrogens (tertiary/aromatic N) is 2. The Bertz CT molecular complexity index is 852. The van der Waals surface area contributed by atoms with E-state index in [1.807, 2.05) is 19.2 Å². The quantitative estimate of drug-likeness (QED) is 0.811. The Balaban J connectivity index is 2.12. The minimum Gasteiger partial charge on any atom is -0.489 e. The van der Waals surface area contributed by atoms with Crippen molar-refractivity contribution in [3.63, 3.8) is 0 Å². The fraction of sp³-hybridized carbons (Fsp3) is 0.375. The van der Waals surface area contributed by atoms with E-state index in [2.05, 4.69) is 16.4 Å². The molecule has 0 saturated carbocycles. The number of ether oxygens (including phenoxy) is 1. The molecule has 6 nitrogen and oxygen atoms in total. The summed E-state index contributed by atoms with van der Waals surface area (Å²) in [5.74, 6) is 0.610. The fourth-order valence-electron chi connectivity index (χ4n) is 2.00. The van der Waals surface area contributed by atoms with Crippen molar-refractivity contribution >= 4 is 26.9 Å². The predicted octanol–water partition coefficient (Wildman–Crippen LogP) is 2.96. The fourth-order valence-corrected chi connectivity index (χ4v) is 4.01. The van der Waals surface area contributed by atoms with Crippen LogP contribution in [0.5, 0.6) is 5.75 Å². The zero-order chi connectivity index (χ0) is 17.7. The monoisotopic (exact) mass is 365 g/mol. The van der Waals surface area contributed by atoms with Crippen LogP contribution in [0.1, 0.15) is 30.1 Å². The van der Waals surface area contributed by atoms with Gasteiger partial charge in [-0.05, 0) is 32.0 Å². The van der Waals surface area contributed by atoms with Gasteiger partial charge in [-0.15, -0.1) is 11.3 Å². The van der Waals surface area contributed by atoms with E-state index in [-0.39, 0.29) is 11.9 Å². The summed E-state index contributed by atoms with van der Waals surface area (Å²) in [6.45, 7) is 4.28. The van der Waals surface area contributed by atoms with Crippen molar-refractivity contribution in [2.24, 2.45) is 0 Å². The Morgan fingerprint density at radius 1 is 1.42 bits per heavy atom. The summed E-state index contributed by atoms with van der Waals surface area (Å²) in [7, 11) is -3.09. The van der Waals surface area contributed by atoms with Crippen LogP contribution >= 0.6 is 11.3 Å². The maximum atomic E-state index is 11.3. The molecule has 0 amide bonds. The molecule has 0 aliphatic carbocycles. The van der Waals surface area contributed by atoms with Gasteiger partial charge < -0.3 is 10.1 Å². The minimum atomic E-state index is -3.09. The van der Waals surface area contributed by atoms with Gasteiger partial charge in [-0.25, -0.2) is 13.4 Å². The van der Waals surface area contributed by atoms with Crippen LogP contribution in [0.3, 0.4) is 0 Å². The molecule has 1 aromatic heterocycles. The first-order valence-corrected chi connectivity index (χ1v) is 10.3. The van der Waals surface area contributed by atoms with E-state index >= 15 is 0 Å². The number of aromatic nitrogens is 1. The zero-order valence-corrected chi connectivity index (χ0v) is 15.4. The van der Waals surface area contributed by atoms with Crippen LogP contribution in [0.4, 0.5) is 5.69 Å². The molecule has 0 radical (unpaired) electrons. The largest absolute Gasteiger partial charge is 0.489 e. The number of sulfone groups is 1. The normalized spacial score (nSPS) is 11.3. The standard InChI is InChI=1S/C16H19N3O3S2/c1-11(2)22-15-5-4-12(7-17)6-14(15)18-8-13-9-23-16(19-13)10-24(3,20)21/h4-6,9,11,18H,8,10H2,1-3H3. The lowest BCUT2D eigenvalue weighted by Gasteiger charge is -2.15. The van der Waals surface area contributed by atoms with Gasteiger partial charge >= 0.3 is 0 Å². The maximum Gasteiger partial charge on any atom is 0.153 e. The Morgan fingerprint density at radius 2 is 2.17 bits per heavy atom. The molecule has 0 bridgehead atoms. The van der Waals surface area contributed by atoms with Crippen molar-refractivity contribution in [2.45, 2.75) is 32.2 Å². The molecule has 24 heavy (non-hydrogen) atoms. The summed E-state index contributed by atoms with van der Waals surface area (Å²) >= 11 is 1.32. The van der Waals surface area contributed by atoms with E-state index < -0.39 is 9.84 Å². The average Bonchev–Trinajstić information content (AvgIpc) is 2.91. The number of benzene rings is 1. The second kappa shape index (κ2) is 7.64. The van der Waals surface area contributed by atoms with Gasteiger partial charge in [-0.1, -0.05) is 0 Å². The molecule has 0 saturated heterocycles. The molecule has 0 spiro atoms.